The van der Waals surface area contributed by atoms with Crippen LogP contribution in [0.3, 0.4) is 0 Å². The fourth-order valence-electron chi connectivity index (χ4n) is 4.04. The summed E-state index contributed by atoms with van der Waals surface area (Å²) in [5.41, 5.74) is 1.10. The lowest BCUT2D eigenvalue weighted by molar-refractivity contribution is -0.121. The summed E-state index contributed by atoms with van der Waals surface area (Å²) in [4.78, 5) is 15.4. The maximum absolute atomic E-state index is 14.2. The number of H-pyrrole nitrogens is 1. The van der Waals surface area contributed by atoms with Crippen molar-refractivity contribution in [2.75, 3.05) is 13.2 Å². The highest BCUT2D eigenvalue weighted by atomic mass is 32.1. The quantitative estimate of drug-likeness (QED) is 0.600. The van der Waals surface area contributed by atoms with Crippen LogP contribution in [0.25, 0.3) is 0 Å². The van der Waals surface area contributed by atoms with Crippen LogP contribution in [0.15, 0.2) is 12.1 Å². The molecule has 0 saturated carbocycles. The van der Waals surface area contributed by atoms with E-state index in [0.29, 0.717) is 23.7 Å². The second kappa shape index (κ2) is 7.71. The van der Waals surface area contributed by atoms with Gasteiger partial charge in [-0.3, -0.25) is 4.79 Å². The first kappa shape index (κ1) is 19.2. The van der Waals surface area contributed by atoms with Gasteiger partial charge in [-0.1, -0.05) is 0 Å². The topological polar surface area (TPSA) is 59.0 Å². The monoisotopic (exact) mass is 411 g/mol. The lowest BCUT2D eigenvalue weighted by Gasteiger charge is -2.23. The largest absolute Gasteiger partial charge is 0.381 e. The summed E-state index contributed by atoms with van der Waals surface area (Å²) in [5, 5.41) is 2.98. The van der Waals surface area contributed by atoms with Crippen molar-refractivity contribution < 1.29 is 22.7 Å². The molecule has 0 spiro atoms. The normalized spacial score (nSPS) is 19.6. The second-order valence-electron chi connectivity index (χ2n) is 7.25. The summed E-state index contributed by atoms with van der Waals surface area (Å²) >= 11 is 5.31. The van der Waals surface area contributed by atoms with Crippen molar-refractivity contribution >= 4 is 18.1 Å². The Kier molecular flexibility index (Phi) is 5.29. The van der Waals surface area contributed by atoms with Gasteiger partial charge in [-0.2, -0.15) is 0 Å². The van der Waals surface area contributed by atoms with Gasteiger partial charge in [-0.05, 0) is 43.6 Å². The highest BCUT2D eigenvalue weighted by molar-refractivity contribution is 7.71. The first-order valence-corrected chi connectivity index (χ1v) is 9.66. The number of amides is 1. The summed E-state index contributed by atoms with van der Waals surface area (Å²) in [6.45, 7) is 1.49. The van der Waals surface area contributed by atoms with Gasteiger partial charge in [0.25, 0.3) is 0 Å². The lowest BCUT2D eigenvalue weighted by atomic mass is 9.95. The summed E-state index contributed by atoms with van der Waals surface area (Å²) < 4.78 is 49.3. The van der Waals surface area contributed by atoms with Gasteiger partial charge < -0.3 is 19.6 Å². The van der Waals surface area contributed by atoms with Crippen LogP contribution in [0.4, 0.5) is 13.2 Å². The first-order chi connectivity index (χ1) is 13.4. The minimum absolute atomic E-state index is 0.0862. The van der Waals surface area contributed by atoms with E-state index >= 15 is 0 Å². The third-order valence-electron chi connectivity index (χ3n) is 5.43. The molecule has 3 heterocycles. The second-order valence-corrected chi connectivity index (χ2v) is 7.64. The number of imidazole rings is 1. The Labute approximate surface area is 164 Å². The third kappa shape index (κ3) is 3.60. The highest BCUT2D eigenvalue weighted by Crippen LogP contribution is 2.35. The molecule has 1 unspecified atom stereocenters. The Morgan fingerprint density at radius 2 is 1.96 bits per heavy atom. The number of nitrogens with one attached hydrogen (secondary N) is 2. The van der Waals surface area contributed by atoms with Crippen molar-refractivity contribution in [3.8, 4) is 0 Å². The van der Waals surface area contributed by atoms with Gasteiger partial charge in [0.15, 0.2) is 16.4 Å². The Bertz CT molecular complexity index is 966. The summed E-state index contributed by atoms with van der Waals surface area (Å²) in [7, 11) is 0. The van der Waals surface area contributed by atoms with Crippen molar-refractivity contribution in [3.63, 3.8) is 0 Å². The molecule has 0 radical (unpaired) electrons. The fourth-order valence-corrected chi connectivity index (χ4v) is 4.34. The Morgan fingerprint density at radius 1 is 1.25 bits per heavy atom. The number of ether oxygens (including phenoxy) is 1. The molecule has 0 bridgehead atoms. The number of hydrogen-bond donors (Lipinski definition) is 2. The average molecular weight is 411 g/mol. The minimum atomic E-state index is -1.16. The lowest BCUT2D eigenvalue weighted by Crippen LogP contribution is -2.39. The van der Waals surface area contributed by atoms with Crippen molar-refractivity contribution in [1.82, 2.24) is 14.9 Å². The molecule has 5 nitrogen and oxygen atoms in total. The van der Waals surface area contributed by atoms with Crippen molar-refractivity contribution in [1.29, 1.82) is 0 Å². The van der Waals surface area contributed by atoms with Crippen LogP contribution in [0, 0.1) is 22.2 Å². The number of nitrogens with zero attached hydrogens (tertiary/aromatic N) is 1. The molecule has 150 valence electrons. The zero-order chi connectivity index (χ0) is 19.8. The molecule has 0 aliphatic carbocycles. The van der Waals surface area contributed by atoms with Crippen LogP contribution in [0.2, 0.25) is 0 Å². The number of benzene rings is 1. The van der Waals surface area contributed by atoms with E-state index in [2.05, 4.69) is 10.3 Å². The zero-order valence-electron chi connectivity index (χ0n) is 15.1. The molecule has 28 heavy (non-hydrogen) atoms. The third-order valence-corrected chi connectivity index (χ3v) is 5.75. The number of aromatic amines is 1. The van der Waals surface area contributed by atoms with Gasteiger partial charge in [0, 0.05) is 48.7 Å². The molecular formula is C19H20F3N3O2S. The smallest absolute Gasteiger partial charge is 0.226 e. The standard InChI is InChI=1S/C19H20F3N3O2S/c20-12-1-2-13(21)18(22)17(12)10-7-15-14(24-19(28)25(15)9-10)8-16(26)23-11-3-5-27-6-4-11/h1-2,10-11H,3-9H2,(H,23,26)(H,24,28). The molecular weight excluding hydrogens is 391 g/mol. The van der Waals surface area contributed by atoms with E-state index in [0.717, 1.165) is 30.7 Å². The van der Waals surface area contributed by atoms with Gasteiger partial charge in [0.05, 0.1) is 6.42 Å². The Hall–Kier alpha value is -2.13. The molecule has 2 N–H and O–H groups in total. The molecule has 1 atom stereocenters. The zero-order valence-corrected chi connectivity index (χ0v) is 15.9. The molecule has 2 aromatic rings. The maximum Gasteiger partial charge on any atom is 0.226 e. The number of aromatic nitrogens is 2. The molecule has 2 aliphatic heterocycles. The fraction of sp³-hybridized carbons (Fsp3) is 0.474. The number of fused-ring (bicyclic) bond motifs is 1. The Balaban J connectivity index is 1.52. The van der Waals surface area contributed by atoms with Crippen LogP contribution in [-0.4, -0.2) is 34.7 Å². The molecule has 9 heteroatoms. The Morgan fingerprint density at radius 3 is 2.71 bits per heavy atom. The molecule has 1 fully saturated rings. The van der Waals surface area contributed by atoms with E-state index in [-0.39, 0.29) is 36.9 Å². The van der Waals surface area contributed by atoms with E-state index in [1.54, 1.807) is 4.57 Å². The van der Waals surface area contributed by atoms with E-state index in [9.17, 15) is 18.0 Å². The maximum atomic E-state index is 14.2. The van der Waals surface area contributed by atoms with E-state index in [1.165, 1.54) is 0 Å². The molecule has 1 saturated heterocycles. The van der Waals surface area contributed by atoms with Crippen molar-refractivity contribution in [2.45, 2.75) is 44.2 Å². The predicted molar refractivity (Wildman–Crippen MR) is 98.1 cm³/mol. The summed E-state index contributed by atoms with van der Waals surface area (Å²) in [5.74, 6) is -3.72. The number of carbonyl (C=O) groups excluding carboxylic acids is 1. The number of hydrogen-bond acceptors (Lipinski definition) is 3. The van der Waals surface area contributed by atoms with E-state index in [1.807, 2.05) is 0 Å². The van der Waals surface area contributed by atoms with Crippen molar-refractivity contribution in [3.05, 3.63) is 51.3 Å². The SMILES string of the molecule is O=C(Cc1[nH]c(=S)n2c1CC(c1c(F)ccc(F)c1F)C2)NC1CCOCC1. The van der Waals surface area contributed by atoms with Crippen LogP contribution in [-0.2, 0) is 28.9 Å². The first-order valence-electron chi connectivity index (χ1n) is 9.25. The summed E-state index contributed by atoms with van der Waals surface area (Å²) in [6, 6.07) is 1.80. The summed E-state index contributed by atoms with van der Waals surface area (Å²) in [6.07, 6.45) is 1.93. The van der Waals surface area contributed by atoms with Gasteiger partial charge in [-0.15, -0.1) is 0 Å². The van der Waals surface area contributed by atoms with Gasteiger partial charge in [0.1, 0.15) is 5.82 Å². The van der Waals surface area contributed by atoms with Crippen molar-refractivity contribution in [2.24, 2.45) is 0 Å². The van der Waals surface area contributed by atoms with Gasteiger partial charge in [0.2, 0.25) is 5.91 Å². The average Bonchev–Trinajstić information content (AvgIpc) is 3.21. The molecule has 1 aromatic heterocycles. The predicted octanol–water partition coefficient (Wildman–Crippen LogP) is 3.14. The molecule has 2 aliphatic rings. The van der Waals surface area contributed by atoms with Crippen LogP contribution >= 0.6 is 12.2 Å². The van der Waals surface area contributed by atoms with Gasteiger partial charge >= 0.3 is 0 Å². The molecule has 4 rings (SSSR count). The molecule has 1 amide bonds. The highest BCUT2D eigenvalue weighted by Gasteiger charge is 2.32. The van der Waals surface area contributed by atoms with Crippen LogP contribution in [0.5, 0.6) is 0 Å². The van der Waals surface area contributed by atoms with E-state index in [4.69, 9.17) is 17.0 Å². The number of halogens is 3. The molecule has 1 aromatic carbocycles. The number of rotatable bonds is 4. The minimum Gasteiger partial charge on any atom is -0.381 e. The van der Waals surface area contributed by atoms with Gasteiger partial charge in [-0.25, -0.2) is 13.2 Å². The van der Waals surface area contributed by atoms with Crippen LogP contribution < -0.4 is 5.32 Å². The number of carbonyl (C=O) groups is 1. The van der Waals surface area contributed by atoms with Crippen LogP contribution in [0.1, 0.15) is 35.7 Å². The van der Waals surface area contributed by atoms with E-state index < -0.39 is 23.4 Å².